The van der Waals surface area contributed by atoms with Gasteiger partial charge in [-0.1, -0.05) is 36.4 Å². The van der Waals surface area contributed by atoms with Crippen LogP contribution in [0, 0.1) is 11.3 Å². The van der Waals surface area contributed by atoms with Gasteiger partial charge in [0.05, 0.1) is 6.07 Å². The Hall–Kier alpha value is -3.91. The summed E-state index contributed by atoms with van der Waals surface area (Å²) in [6.07, 6.45) is -5.64. The van der Waals surface area contributed by atoms with Crippen molar-refractivity contribution in [3.05, 3.63) is 59.9 Å². The topological polar surface area (TPSA) is 115 Å². The van der Waals surface area contributed by atoms with E-state index in [-0.39, 0.29) is 24.2 Å². The lowest BCUT2D eigenvalue weighted by Crippen LogP contribution is -2.62. The average Bonchev–Trinajstić information content (AvgIpc) is 3.56. The highest BCUT2D eigenvalue weighted by Crippen LogP contribution is 2.41. The molecule has 2 aliphatic carbocycles. The summed E-state index contributed by atoms with van der Waals surface area (Å²) in [5.41, 5.74) is -0.898. The lowest BCUT2D eigenvalue weighted by molar-refractivity contribution is -0.133. The molecule has 1 unspecified atom stereocenters. The van der Waals surface area contributed by atoms with Crippen molar-refractivity contribution >= 4 is 22.8 Å². The van der Waals surface area contributed by atoms with Gasteiger partial charge in [-0.15, -0.1) is 0 Å². The van der Waals surface area contributed by atoms with Gasteiger partial charge in [-0.3, -0.25) is 9.59 Å². The molecule has 0 spiro atoms. The van der Waals surface area contributed by atoms with E-state index in [1.165, 1.54) is 18.2 Å². The number of hydrogen-bond donors (Lipinski definition) is 3. The molecule has 3 aromatic rings. The second-order valence-electron chi connectivity index (χ2n) is 10.3. The number of aliphatic hydroxyl groups is 1. The molecule has 204 valence electrons. The summed E-state index contributed by atoms with van der Waals surface area (Å²) in [4.78, 5) is 26.4. The highest BCUT2D eigenvalue weighted by atomic mass is 19.3. The van der Waals surface area contributed by atoms with Gasteiger partial charge in [-0.25, -0.2) is 17.6 Å². The number of nitriles is 1. The third kappa shape index (κ3) is 5.34. The van der Waals surface area contributed by atoms with E-state index in [1.54, 1.807) is 30.3 Å². The summed E-state index contributed by atoms with van der Waals surface area (Å²) in [5, 5.41) is 24.7. The van der Waals surface area contributed by atoms with Gasteiger partial charge in [0.25, 0.3) is 12.3 Å². The van der Waals surface area contributed by atoms with E-state index in [4.69, 9.17) is 4.42 Å². The Labute approximate surface area is 220 Å². The lowest BCUT2D eigenvalue weighted by Gasteiger charge is -2.39. The predicted octanol–water partition coefficient (Wildman–Crippen LogP) is 5.25. The summed E-state index contributed by atoms with van der Waals surface area (Å²) in [7, 11) is 0. The smallest absolute Gasteiger partial charge is 0.287 e. The van der Waals surface area contributed by atoms with Crippen molar-refractivity contribution in [2.24, 2.45) is 0 Å². The monoisotopic (exact) mass is 543 g/mol. The first kappa shape index (κ1) is 26.7. The van der Waals surface area contributed by atoms with Crippen LogP contribution in [0.1, 0.15) is 60.7 Å². The number of rotatable bonds is 7. The molecule has 2 aromatic carbocycles. The van der Waals surface area contributed by atoms with Crippen LogP contribution in [-0.2, 0) is 4.79 Å². The average molecular weight is 544 g/mol. The molecule has 0 saturated heterocycles. The zero-order valence-electron chi connectivity index (χ0n) is 20.6. The van der Waals surface area contributed by atoms with Crippen LogP contribution in [0.15, 0.2) is 52.9 Å². The number of aliphatic hydroxyl groups excluding tert-OH is 1. The van der Waals surface area contributed by atoms with Crippen molar-refractivity contribution in [1.82, 2.24) is 10.6 Å². The predicted molar refractivity (Wildman–Crippen MR) is 132 cm³/mol. The van der Waals surface area contributed by atoms with Gasteiger partial charge in [0, 0.05) is 18.2 Å². The van der Waals surface area contributed by atoms with Crippen molar-refractivity contribution < 1.29 is 36.7 Å². The fourth-order valence-corrected chi connectivity index (χ4v) is 4.80. The summed E-state index contributed by atoms with van der Waals surface area (Å²) < 4.78 is 59.1. The molecule has 0 aliphatic heterocycles. The number of halogens is 4. The number of nitrogens with one attached hydrogen (secondary N) is 2. The molecule has 2 fully saturated rings. The van der Waals surface area contributed by atoms with E-state index in [0.29, 0.717) is 34.9 Å². The molecule has 11 heteroatoms. The van der Waals surface area contributed by atoms with Crippen LogP contribution in [0.3, 0.4) is 0 Å². The molecule has 0 bridgehead atoms. The molecule has 2 saturated carbocycles. The fraction of sp³-hybridized carbons (Fsp3) is 0.393. The maximum absolute atomic E-state index is 13.9. The Morgan fingerprint density at radius 2 is 1.56 bits per heavy atom. The van der Waals surface area contributed by atoms with Crippen LogP contribution in [-0.4, -0.2) is 40.3 Å². The number of carbonyl (C=O) groups is 2. The normalized spacial score (nSPS) is 19.7. The minimum atomic E-state index is -2.95. The zero-order valence-corrected chi connectivity index (χ0v) is 20.6. The molecule has 1 aromatic heterocycles. The van der Waals surface area contributed by atoms with Crippen LogP contribution >= 0.6 is 0 Å². The molecule has 2 aliphatic rings. The number of hydrogen-bond acceptors (Lipinski definition) is 5. The number of amides is 2. The second kappa shape index (κ2) is 9.68. The molecule has 5 rings (SSSR count). The van der Waals surface area contributed by atoms with Crippen LogP contribution in [0.25, 0.3) is 22.1 Å². The minimum absolute atomic E-state index is 0.0765. The molecule has 1 heterocycles. The minimum Gasteiger partial charge on any atom is -0.451 e. The summed E-state index contributed by atoms with van der Waals surface area (Å²) in [6, 6.07) is 14.5. The molecular weight excluding hydrogens is 518 g/mol. The molecule has 2 amide bonds. The van der Waals surface area contributed by atoms with Crippen LogP contribution in [0.2, 0.25) is 0 Å². The molecule has 7 nitrogen and oxygen atoms in total. The lowest BCUT2D eigenvalue weighted by atomic mass is 9.78. The number of furan rings is 1. The van der Waals surface area contributed by atoms with Gasteiger partial charge < -0.3 is 20.2 Å². The zero-order chi connectivity index (χ0) is 28.0. The SMILES string of the molecule is N#CC1(NC(=O)C2(NC(=O)c3cc4ccc(-c5ccc(C(O)C(F)F)cc5)cc4o3)CCC(F)(F)CC2)CC1. The first-order valence-corrected chi connectivity index (χ1v) is 12.5. The van der Waals surface area contributed by atoms with E-state index in [1.807, 2.05) is 6.07 Å². The van der Waals surface area contributed by atoms with Gasteiger partial charge >= 0.3 is 0 Å². The van der Waals surface area contributed by atoms with Gasteiger partial charge in [0.2, 0.25) is 11.8 Å². The number of alkyl halides is 4. The van der Waals surface area contributed by atoms with E-state index >= 15 is 0 Å². The summed E-state index contributed by atoms with van der Waals surface area (Å²) in [6.45, 7) is 0. The van der Waals surface area contributed by atoms with Gasteiger partial charge in [0.15, 0.2) is 5.76 Å². The Morgan fingerprint density at radius 3 is 2.15 bits per heavy atom. The van der Waals surface area contributed by atoms with E-state index in [2.05, 4.69) is 10.6 Å². The molecule has 1 atom stereocenters. The third-order valence-corrected chi connectivity index (χ3v) is 7.51. The van der Waals surface area contributed by atoms with Crippen molar-refractivity contribution in [3.8, 4) is 17.2 Å². The second-order valence-corrected chi connectivity index (χ2v) is 10.3. The van der Waals surface area contributed by atoms with E-state index in [9.17, 15) is 37.5 Å². The van der Waals surface area contributed by atoms with Gasteiger partial charge in [-0.2, -0.15) is 5.26 Å². The maximum Gasteiger partial charge on any atom is 0.287 e. The van der Waals surface area contributed by atoms with Crippen molar-refractivity contribution in [2.45, 2.75) is 68.1 Å². The van der Waals surface area contributed by atoms with Crippen molar-refractivity contribution in [3.63, 3.8) is 0 Å². The summed E-state index contributed by atoms with van der Waals surface area (Å²) in [5.74, 6) is -4.49. The van der Waals surface area contributed by atoms with Crippen molar-refractivity contribution in [1.29, 1.82) is 5.26 Å². The van der Waals surface area contributed by atoms with Crippen molar-refractivity contribution in [2.75, 3.05) is 0 Å². The first-order chi connectivity index (χ1) is 18.4. The Bertz CT molecular complexity index is 1450. The number of carbonyl (C=O) groups excluding carboxylic acids is 2. The Kier molecular flexibility index (Phi) is 6.63. The van der Waals surface area contributed by atoms with E-state index in [0.717, 1.165) is 0 Å². The highest BCUT2D eigenvalue weighted by Gasteiger charge is 2.53. The summed E-state index contributed by atoms with van der Waals surface area (Å²) >= 11 is 0. The number of benzene rings is 2. The largest absolute Gasteiger partial charge is 0.451 e. The Morgan fingerprint density at radius 1 is 0.923 bits per heavy atom. The van der Waals surface area contributed by atoms with Crippen LogP contribution in [0.5, 0.6) is 0 Å². The first-order valence-electron chi connectivity index (χ1n) is 12.5. The molecule has 39 heavy (non-hydrogen) atoms. The number of nitrogens with zero attached hydrogens (tertiary/aromatic N) is 1. The standard InChI is InChI=1S/C28H25F4N3O4/c29-23(30)22(36)17-3-1-16(2-4-17)18-5-6-19-14-21(39-20(19)13-18)24(37)34-27(9-11-28(31,32)12-10-27)25(38)35-26(15-33)7-8-26/h1-6,13-14,22-23,36H,7-12H2,(H,34,37)(H,35,38). The van der Waals surface area contributed by atoms with Crippen LogP contribution < -0.4 is 10.6 Å². The van der Waals surface area contributed by atoms with E-state index < -0.39 is 54.2 Å². The van der Waals surface area contributed by atoms with Crippen LogP contribution in [0.4, 0.5) is 17.6 Å². The fourth-order valence-electron chi connectivity index (χ4n) is 4.80. The molecule has 3 N–H and O–H groups in total. The van der Waals surface area contributed by atoms with Gasteiger partial charge in [0.1, 0.15) is 22.8 Å². The van der Waals surface area contributed by atoms with Gasteiger partial charge in [-0.05, 0) is 54.5 Å². The Balaban J connectivity index is 1.37. The quantitative estimate of drug-likeness (QED) is 0.352. The molecular formula is C28H25F4N3O4. The third-order valence-electron chi connectivity index (χ3n) is 7.51. The molecule has 0 radical (unpaired) electrons. The maximum atomic E-state index is 13.9. The highest BCUT2D eigenvalue weighted by molar-refractivity contribution is 6.00. The number of fused-ring (bicyclic) bond motifs is 1.